The molecule has 0 unspecified atom stereocenters. The number of furan rings is 1. The zero-order chi connectivity index (χ0) is 22.0. The highest BCUT2D eigenvalue weighted by atomic mass is 16.7. The molecule has 0 saturated carbocycles. The quantitative estimate of drug-likeness (QED) is 0.619. The van der Waals surface area contributed by atoms with Crippen molar-refractivity contribution in [3.63, 3.8) is 0 Å². The van der Waals surface area contributed by atoms with Gasteiger partial charge in [-0.2, -0.15) is 5.10 Å². The minimum absolute atomic E-state index is 0.0942. The number of aryl methyl sites for hydroxylation is 1. The van der Waals surface area contributed by atoms with Crippen LogP contribution in [0, 0.1) is 0 Å². The van der Waals surface area contributed by atoms with Crippen LogP contribution in [0.2, 0.25) is 0 Å². The van der Waals surface area contributed by atoms with Crippen LogP contribution < -0.4 is 19.5 Å². The number of ether oxygens (including phenoxy) is 3. The molecule has 10 nitrogen and oxygen atoms in total. The van der Waals surface area contributed by atoms with Gasteiger partial charge in [0.15, 0.2) is 17.3 Å². The second-order valence-electron chi connectivity index (χ2n) is 6.95. The minimum Gasteiger partial charge on any atom is -0.486 e. The molecule has 1 aliphatic heterocycles. The molecule has 3 heterocycles. The second-order valence-corrected chi connectivity index (χ2v) is 6.95. The molecule has 0 radical (unpaired) electrons. The number of carbonyl (C=O) groups is 2. The Balaban J connectivity index is 1.42. The molecular formula is C21H22N4O6. The van der Waals surface area contributed by atoms with Gasteiger partial charge in [-0.15, -0.1) is 0 Å². The third-order valence-electron chi connectivity index (χ3n) is 4.61. The van der Waals surface area contributed by atoms with Crippen LogP contribution in [0.1, 0.15) is 33.7 Å². The number of fused-ring (bicyclic) bond motifs is 1. The Labute approximate surface area is 178 Å². The normalized spacial score (nSPS) is 12.0. The molecule has 31 heavy (non-hydrogen) atoms. The molecule has 4 rings (SSSR count). The van der Waals surface area contributed by atoms with Crippen LogP contribution >= 0.6 is 0 Å². The van der Waals surface area contributed by atoms with Crippen LogP contribution in [0.3, 0.4) is 0 Å². The van der Waals surface area contributed by atoms with Gasteiger partial charge in [-0.05, 0) is 31.2 Å². The Morgan fingerprint density at radius 1 is 1.19 bits per heavy atom. The van der Waals surface area contributed by atoms with Gasteiger partial charge in [0.2, 0.25) is 6.79 Å². The number of carbonyl (C=O) groups excluding carboxylic acids is 2. The Bertz CT molecular complexity index is 1120. The third-order valence-corrected chi connectivity index (χ3v) is 4.61. The summed E-state index contributed by atoms with van der Waals surface area (Å²) >= 11 is 0. The molecule has 0 spiro atoms. The average Bonchev–Trinajstić information content (AvgIpc) is 3.50. The molecular weight excluding hydrogens is 404 g/mol. The largest absolute Gasteiger partial charge is 0.486 e. The molecule has 0 saturated heterocycles. The van der Waals surface area contributed by atoms with Gasteiger partial charge in [0, 0.05) is 26.7 Å². The van der Waals surface area contributed by atoms with Crippen molar-refractivity contribution in [2.45, 2.75) is 20.1 Å². The van der Waals surface area contributed by atoms with Gasteiger partial charge in [-0.1, -0.05) is 0 Å². The smallest absolute Gasteiger partial charge is 0.291 e. The summed E-state index contributed by atoms with van der Waals surface area (Å²) in [5.41, 5.74) is 0.624. The van der Waals surface area contributed by atoms with E-state index >= 15 is 0 Å². The summed E-state index contributed by atoms with van der Waals surface area (Å²) in [7, 11) is 3.28. The molecule has 1 N–H and O–H groups in total. The molecule has 0 bridgehead atoms. The topological polar surface area (TPSA) is 108 Å². The summed E-state index contributed by atoms with van der Waals surface area (Å²) < 4.78 is 23.4. The maximum Gasteiger partial charge on any atom is 0.291 e. The van der Waals surface area contributed by atoms with E-state index in [2.05, 4.69) is 10.4 Å². The van der Waals surface area contributed by atoms with Gasteiger partial charge in [0.1, 0.15) is 23.8 Å². The van der Waals surface area contributed by atoms with Gasteiger partial charge in [0.25, 0.3) is 11.8 Å². The summed E-state index contributed by atoms with van der Waals surface area (Å²) in [5, 5.41) is 6.86. The van der Waals surface area contributed by atoms with Crippen molar-refractivity contribution >= 4 is 17.5 Å². The van der Waals surface area contributed by atoms with Crippen molar-refractivity contribution in [2.75, 3.05) is 26.2 Å². The predicted octanol–water partition coefficient (Wildman–Crippen LogP) is 2.76. The highest BCUT2D eigenvalue weighted by molar-refractivity contribution is 6.07. The molecule has 0 aliphatic carbocycles. The average molecular weight is 426 g/mol. The lowest BCUT2D eigenvalue weighted by Gasteiger charge is -2.13. The highest BCUT2D eigenvalue weighted by Crippen LogP contribution is 2.35. The van der Waals surface area contributed by atoms with Gasteiger partial charge >= 0.3 is 0 Å². The van der Waals surface area contributed by atoms with Crippen molar-refractivity contribution in [1.29, 1.82) is 0 Å². The molecule has 1 aliphatic rings. The molecule has 10 heteroatoms. The van der Waals surface area contributed by atoms with E-state index in [-0.39, 0.29) is 25.1 Å². The van der Waals surface area contributed by atoms with Crippen LogP contribution in [0.25, 0.3) is 0 Å². The fourth-order valence-corrected chi connectivity index (χ4v) is 3.04. The van der Waals surface area contributed by atoms with Crippen LogP contribution in [-0.4, -0.2) is 47.4 Å². The summed E-state index contributed by atoms with van der Waals surface area (Å²) in [6.07, 6.45) is 1.45. The third kappa shape index (κ3) is 4.18. The minimum atomic E-state index is -0.488. The van der Waals surface area contributed by atoms with Crippen LogP contribution in [0.4, 0.5) is 5.69 Å². The second kappa shape index (κ2) is 8.42. The zero-order valence-corrected chi connectivity index (χ0v) is 17.4. The van der Waals surface area contributed by atoms with Gasteiger partial charge in [-0.25, -0.2) is 0 Å². The lowest BCUT2D eigenvalue weighted by atomic mass is 10.3. The Hall–Kier alpha value is -3.95. The number of rotatable bonds is 7. The Morgan fingerprint density at radius 2 is 2.00 bits per heavy atom. The SMILES string of the molecule is CCn1ncc(NC(=O)c2ccc(COc3ccc4c(c3)OCO4)o2)c1C(=O)N(C)C. The molecule has 2 amide bonds. The molecule has 162 valence electrons. The van der Waals surface area contributed by atoms with Gasteiger partial charge in [0.05, 0.1) is 11.9 Å². The number of amides is 2. The lowest BCUT2D eigenvalue weighted by Crippen LogP contribution is -2.26. The standard InChI is InChI=1S/C21H22N4O6/c1-4-25-19(21(27)24(2)3)15(10-22-25)23-20(26)17-8-6-14(31-17)11-28-13-5-7-16-18(9-13)30-12-29-16/h5-10H,4,11-12H2,1-3H3,(H,23,26). The van der Waals surface area contributed by atoms with Crippen molar-refractivity contribution in [2.24, 2.45) is 0 Å². The first kappa shape index (κ1) is 20.3. The van der Waals surface area contributed by atoms with E-state index in [4.69, 9.17) is 18.6 Å². The van der Waals surface area contributed by atoms with Crippen LogP contribution in [0.5, 0.6) is 17.2 Å². The molecule has 1 aromatic carbocycles. The summed E-state index contributed by atoms with van der Waals surface area (Å²) in [5.74, 6) is 1.69. The van der Waals surface area contributed by atoms with E-state index in [1.54, 1.807) is 44.4 Å². The lowest BCUT2D eigenvalue weighted by molar-refractivity contribution is 0.0816. The molecule has 3 aromatic rings. The number of hydrogen-bond acceptors (Lipinski definition) is 7. The number of nitrogens with one attached hydrogen (secondary N) is 1. The van der Waals surface area contributed by atoms with Crippen molar-refractivity contribution in [1.82, 2.24) is 14.7 Å². The van der Waals surface area contributed by atoms with Crippen LogP contribution in [0.15, 0.2) is 40.9 Å². The van der Waals surface area contributed by atoms with Crippen molar-refractivity contribution < 1.29 is 28.2 Å². The highest BCUT2D eigenvalue weighted by Gasteiger charge is 2.22. The summed E-state index contributed by atoms with van der Waals surface area (Å²) in [6, 6.07) is 8.46. The van der Waals surface area contributed by atoms with Crippen LogP contribution in [-0.2, 0) is 13.2 Å². The van der Waals surface area contributed by atoms with E-state index in [1.807, 2.05) is 6.92 Å². The van der Waals surface area contributed by atoms with Gasteiger partial charge < -0.3 is 28.8 Å². The number of hydrogen-bond donors (Lipinski definition) is 1. The first-order chi connectivity index (χ1) is 15.0. The molecule has 2 aromatic heterocycles. The van der Waals surface area contributed by atoms with Crippen molar-refractivity contribution in [3.8, 4) is 17.2 Å². The van der Waals surface area contributed by atoms with E-state index in [0.717, 1.165) is 0 Å². The number of aromatic nitrogens is 2. The molecule has 0 fully saturated rings. The maximum atomic E-state index is 12.6. The van der Waals surface area contributed by atoms with E-state index < -0.39 is 5.91 Å². The van der Waals surface area contributed by atoms with E-state index in [9.17, 15) is 9.59 Å². The first-order valence-electron chi connectivity index (χ1n) is 9.66. The molecule has 0 atom stereocenters. The van der Waals surface area contributed by atoms with E-state index in [1.165, 1.54) is 15.8 Å². The monoisotopic (exact) mass is 426 g/mol. The number of benzene rings is 1. The first-order valence-corrected chi connectivity index (χ1v) is 9.66. The maximum absolute atomic E-state index is 12.6. The zero-order valence-electron chi connectivity index (χ0n) is 17.4. The van der Waals surface area contributed by atoms with E-state index in [0.29, 0.717) is 40.9 Å². The Kier molecular flexibility index (Phi) is 5.52. The fraction of sp³-hybridized carbons (Fsp3) is 0.286. The Morgan fingerprint density at radius 3 is 2.77 bits per heavy atom. The fourth-order valence-electron chi connectivity index (χ4n) is 3.04. The van der Waals surface area contributed by atoms with Gasteiger partial charge in [-0.3, -0.25) is 14.3 Å². The summed E-state index contributed by atoms with van der Waals surface area (Å²) in [4.78, 5) is 26.5. The predicted molar refractivity (Wildman–Crippen MR) is 109 cm³/mol. The summed E-state index contributed by atoms with van der Waals surface area (Å²) in [6.45, 7) is 2.68. The van der Waals surface area contributed by atoms with Crippen molar-refractivity contribution in [3.05, 3.63) is 53.7 Å². The number of nitrogens with zero attached hydrogens (tertiary/aromatic N) is 3. The number of anilines is 1.